The van der Waals surface area contributed by atoms with E-state index in [1.165, 1.54) is 6.42 Å². The second-order valence-corrected chi connectivity index (χ2v) is 6.48. The molecule has 2 atom stereocenters. The third kappa shape index (κ3) is 2.81. The van der Waals surface area contributed by atoms with Crippen LogP contribution in [0.3, 0.4) is 0 Å². The molecule has 0 spiro atoms. The van der Waals surface area contributed by atoms with Crippen LogP contribution >= 0.6 is 0 Å². The van der Waals surface area contributed by atoms with Crippen LogP contribution < -0.4 is 11.1 Å². The highest BCUT2D eigenvalue weighted by molar-refractivity contribution is 5.87. The molecule has 0 radical (unpaired) electrons. The molecule has 1 aromatic carbocycles. The summed E-state index contributed by atoms with van der Waals surface area (Å²) in [6.07, 6.45) is 3.37. The summed E-state index contributed by atoms with van der Waals surface area (Å²) in [6.45, 7) is 6.20. The zero-order chi connectivity index (χ0) is 14.1. The highest BCUT2D eigenvalue weighted by Gasteiger charge is 2.39. The van der Waals surface area contributed by atoms with Gasteiger partial charge in [-0.15, -0.1) is 0 Å². The van der Waals surface area contributed by atoms with Gasteiger partial charge in [-0.1, -0.05) is 50.6 Å². The lowest BCUT2D eigenvalue weighted by atomic mass is 9.86. The predicted molar refractivity (Wildman–Crippen MR) is 77.5 cm³/mol. The number of nitrogens with one attached hydrogen (secondary N) is 1. The van der Waals surface area contributed by atoms with Crippen LogP contribution in [0.4, 0.5) is 0 Å². The van der Waals surface area contributed by atoms with Gasteiger partial charge in [0.1, 0.15) is 5.54 Å². The van der Waals surface area contributed by atoms with E-state index in [1.54, 1.807) is 6.92 Å². The number of hydrogen-bond donors (Lipinski definition) is 2. The molecule has 0 aliphatic heterocycles. The average molecular weight is 260 g/mol. The Morgan fingerprint density at radius 1 is 1.37 bits per heavy atom. The van der Waals surface area contributed by atoms with Crippen molar-refractivity contribution >= 4 is 5.91 Å². The molecule has 1 saturated carbocycles. The highest BCUT2D eigenvalue weighted by atomic mass is 16.2. The van der Waals surface area contributed by atoms with E-state index in [0.29, 0.717) is 0 Å². The monoisotopic (exact) mass is 260 g/mol. The van der Waals surface area contributed by atoms with E-state index < -0.39 is 5.54 Å². The predicted octanol–water partition coefficient (Wildman–Crippen LogP) is 2.56. The first-order valence-corrected chi connectivity index (χ1v) is 6.99. The third-order valence-electron chi connectivity index (χ3n) is 4.41. The largest absolute Gasteiger partial charge is 0.351 e. The first-order chi connectivity index (χ1) is 8.84. The van der Waals surface area contributed by atoms with E-state index in [2.05, 4.69) is 19.2 Å². The number of benzene rings is 1. The van der Waals surface area contributed by atoms with Crippen LogP contribution in [0.25, 0.3) is 0 Å². The van der Waals surface area contributed by atoms with Crippen molar-refractivity contribution < 1.29 is 4.79 Å². The lowest BCUT2D eigenvalue weighted by Crippen LogP contribution is -2.53. The van der Waals surface area contributed by atoms with Crippen molar-refractivity contribution in [2.75, 3.05) is 0 Å². The van der Waals surface area contributed by atoms with Crippen molar-refractivity contribution in [1.29, 1.82) is 0 Å². The Bertz CT molecular complexity index is 451. The number of hydrogen-bond acceptors (Lipinski definition) is 2. The average Bonchev–Trinajstić information content (AvgIpc) is 2.70. The van der Waals surface area contributed by atoms with Gasteiger partial charge in [-0.05, 0) is 30.7 Å². The molecular weight excluding hydrogens is 236 g/mol. The van der Waals surface area contributed by atoms with Crippen LogP contribution in [0.1, 0.15) is 45.6 Å². The molecule has 1 aliphatic carbocycles. The molecule has 0 heterocycles. The lowest BCUT2D eigenvalue weighted by molar-refractivity contribution is -0.127. The first kappa shape index (κ1) is 14.1. The summed E-state index contributed by atoms with van der Waals surface area (Å²) in [5, 5.41) is 3.14. The number of carbonyl (C=O) groups is 1. The highest BCUT2D eigenvalue weighted by Crippen LogP contribution is 2.37. The summed E-state index contributed by atoms with van der Waals surface area (Å²) < 4.78 is 0. The standard InChI is InChI=1S/C16H24N2O/c1-15(2)11-7-10-13(15)18-14(19)16(3,17)12-8-5-4-6-9-12/h4-6,8-9,13H,7,10-11,17H2,1-3H3,(H,18,19). The molecule has 104 valence electrons. The molecule has 0 bridgehead atoms. The Labute approximate surface area is 115 Å². The third-order valence-corrected chi connectivity index (χ3v) is 4.41. The SMILES string of the molecule is CC(N)(C(=O)NC1CCCC1(C)C)c1ccccc1. The Morgan fingerprint density at radius 2 is 2.00 bits per heavy atom. The molecule has 3 nitrogen and oxygen atoms in total. The van der Waals surface area contributed by atoms with Gasteiger partial charge in [0.2, 0.25) is 5.91 Å². The van der Waals surface area contributed by atoms with Gasteiger partial charge in [0, 0.05) is 6.04 Å². The second-order valence-electron chi connectivity index (χ2n) is 6.48. The molecule has 1 amide bonds. The summed E-state index contributed by atoms with van der Waals surface area (Å²) >= 11 is 0. The lowest BCUT2D eigenvalue weighted by Gasteiger charge is -2.32. The summed E-state index contributed by atoms with van der Waals surface area (Å²) in [4.78, 5) is 12.5. The Hall–Kier alpha value is -1.35. The molecule has 3 N–H and O–H groups in total. The van der Waals surface area contributed by atoms with Gasteiger partial charge in [-0.25, -0.2) is 0 Å². The Kier molecular flexibility index (Phi) is 3.68. The van der Waals surface area contributed by atoms with Gasteiger partial charge >= 0.3 is 0 Å². The number of rotatable bonds is 3. The quantitative estimate of drug-likeness (QED) is 0.877. The summed E-state index contributed by atoms with van der Waals surface area (Å²) in [5.74, 6) is -0.0846. The molecule has 1 fully saturated rings. The van der Waals surface area contributed by atoms with Crippen LogP contribution in [0.15, 0.2) is 30.3 Å². The summed E-state index contributed by atoms with van der Waals surface area (Å²) in [5.41, 5.74) is 6.28. The van der Waals surface area contributed by atoms with Gasteiger partial charge in [0.25, 0.3) is 0 Å². The van der Waals surface area contributed by atoms with Gasteiger partial charge in [0.05, 0.1) is 0 Å². The molecule has 1 aliphatic rings. The normalized spacial score (nSPS) is 24.7. The van der Waals surface area contributed by atoms with Gasteiger partial charge in [0.15, 0.2) is 0 Å². The number of nitrogens with two attached hydrogens (primary N) is 1. The second kappa shape index (κ2) is 4.97. The molecule has 19 heavy (non-hydrogen) atoms. The Balaban J connectivity index is 2.11. The van der Waals surface area contributed by atoms with Gasteiger partial charge < -0.3 is 11.1 Å². The number of carbonyl (C=O) groups excluding carboxylic acids is 1. The summed E-state index contributed by atoms with van der Waals surface area (Å²) in [7, 11) is 0. The molecule has 2 unspecified atom stereocenters. The minimum atomic E-state index is -0.972. The fourth-order valence-corrected chi connectivity index (χ4v) is 2.82. The maximum absolute atomic E-state index is 12.5. The van der Waals surface area contributed by atoms with E-state index in [1.807, 2.05) is 30.3 Å². The van der Waals surface area contributed by atoms with Crippen molar-refractivity contribution in [3.63, 3.8) is 0 Å². The number of amides is 1. The summed E-state index contributed by atoms with van der Waals surface area (Å²) in [6, 6.07) is 9.78. The van der Waals surface area contributed by atoms with Crippen molar-refractivity contribution in [3.05, 3.63) is 35.9 Å². The maximum atomic E-state index is 12.5. The van der Waals surface area contributed by atoms with Crippen LogP contribution in [0.5, 0.6) is 0 Å². The van der Waals surface area contributed by atoms with Crippen molar-refractivity contribution in [1.82, 2.24) is 5.32 Å². The van der Waals surface area contributed by atoms with E-state index in [0.717, 1.165) is 18.4 Å². The van der Waals surface area contributed by atoms with Crippen molar-refractivity contribution in [2.45, 2.75) is 51.6 Å². The van der Waals surface area contributed by atoms with Crippen LogP contribution in [-0.2, 0) is 10.3 Å². The first-order valence-electron chi connectivity index (χ1n) is 6.99. The minimum Gasteiger partial charge on any atom is -0.351 e. The van der Waals surface area contributed by atoms with E-state index in [4.69, 9.17) is 5.73 Å². The van der Waals surface area contributed by atoms with Crippen LogP contribution in [-0.4, -0.2) is 11.9 Å². The zero-order valence-corrected chi connectivity index (χ0v) is 12.1. The molecule has 2 rings (SSSR count). The minimum absolute atomic E-state index is 0.0846. The van der Waals surface area contributed by atoms with E-state index >= 15 is 0 Å². The maximum Gasteiger partial charge on any atom is 0.244 e. The smallest absolute Gasteiger partial charge is 0.244 e. The van der Waals surface area contributed by atoms with Gasteiger partial charge in [-0.3, -0.25) is 4.79 Å². The van der Waals surface area contributed by atoms with Crippen LogP contribution in [0.2, 0.25) is 0 Å². The van der Waals surface area contributed by atoms with Crippen molar-refractivity contribution in [3.8, 4) is 0 Å². The van der Waals surface area contributed by atoms with E-state index in [9.17, 15) is 4.79 Å². The fraction of sp³-hybridized carbons (Fsp3) is 0.562. The fourth-order valence-electron chi connectivity index (χ4n) is 2.82. The molecule has 3 heteroatoms. The van der Waals surface area contributed by atoms with Crippen LogP contribution in [0, 0.1) is 5.41 Å². The molecule has 0 saturated heterocycles. The van der Waals surface area contributed by atoms with Gasteiger partial charge in [-0.2, -0.15) is 0 Å². The van der Waals surface area contributed by atoms with Crippen molar-refractivity contribution in [2.24, 2.45) is 11.1 Å². The molecule has 1 aromatic rings. The topological polar surface area (TPSA) is 55.1 Å². The molecule has 0 aromatic heterocycles. The van der Waals surface area contributed by atoms with E-state index in [-0.39, 0.29) is 17.4 Å². The zero-order valence-electron chi connectivity index (χ0n) is 12.1. The Morgan fingerprint density at radius 3 is 2.53 bits per heavy atom. The molecular formula is C16H24N2O.